The maximum atomic E-state index is 4.93. The molecule has 0 spiro atoms. The van der Waals surface area contributed by atoms with E-state index < -0.39 is 36.0 Å². The van der Waals surface area contributed by atoms with E-state index in [4.69, 9.17) is 17.0 Å². The van der Waals surface area contributed by atoms with Crippen molar-refractivity contribution in [1.82, 2.24) is 0 Å². The third-order valence-electron chi connectivity index (χ3n) is 12.0. The van der Waals surface area contributed by atoms with Crippen LogP contribution in [-0.2, 0) is 20.8 Å². The normalized spacial score (nSPS) is 43.1. The van der Waals surface area contributed by atoms with Crippen LogP contribution in [0, 0.1) is 62.2 Å². The van der Waals surface area contributed by atoms with Crippen LogP contribution < -0.4 is 0 Å². The fourth-order valence-corrected chi connectivity index (χ4v) is 25.0. The molecule has 0 N–H and O–H groups in total. The molecule has 9 unspecified atom stereocenters. The molecule has 4 rings (SSSR count). The second kappa shape index (κ2) is 12.4. The minimum absolute atomic E-state index is 0. The van der Waals surface area contributed by atoms with Gasteiger partial charge in [-0.15, -0.1) is 0 Å². The van der Waals surface area contributed by atoms with Gasteiger partial charge >= 0.3 is 37.9 Å². The second-order valence-corrected chi connectivity index (χ2v) is 32.8. The molecule has 0 nitrogen and oxygen atoms in total. The summed E-state index contributed by atoms with van der Waals surface area (Å²) in [4.78, 5) is 0. The predicted octanol–water partition coefficient (Wildman–Crippen LogP) is 10.3. The first-order valence-corrected chi connectivity index (χ1v) is 26.4. The number of rotatable bonds is 3. The fourth-order valence-electron chi connectivity index (χ4n) is 9.48. The molecule has 0 bridgehead atoms. The quantitative estimate of drug-likeness (QED) is 0.225. The van der Waals surface area contributed by atoms with Crippen LogP contribution in [0.1, 0.15) is 72.6 Å². The van der Waals surface area contributed by atoms with Crippen molar-refractivity contribution in [2.75, 3.05) is 0 Å². The summed E-state index contributed by atoms with van der Waals surface area (Å²) in [7, 11) is 7.41. The van der Waals surface area contributed by atoms with Gasteiger partial charge in [-0.2, -0.15) is 0 Å². The first-order valence-electron chi connectivity index (χ1n) is 12.9. The Balaban J connectivity index is 0.000000971. The van der Waals surface area contributed by atoms with E-state index in [1.807, 2.05) is 0 Å². The molecule has 4 fully saturated rings. The molecule has 0 saturated heterocycles. The van der Waals surface area contributed by atoms with Gasteiger partial charge in [-0.3, -0.25) is 0 Å². The van der Waals surface area contributed by atoms with Crippen LogP contribution in [0.4, 0.5) is 0 Å². The standard InChI is InChI=1S/C25H48Si2.2CH3.2ClH.Zr/c1-16-17(2)19(4)25(18(16)3)27(7,8)26(5,6)24-13-12-22-14-20-10-9-11-21(20)15-23(22)24;;;;;/h16-25H,9-15H2,1-8H3;2*1H3;2*1H;/q;2*-1;;;+4/p-2. The Kier molecular flexibility index (Phi) is 12.4. The summed E-state index contributed by atoms with van der Waals surface area (Å²) in [5.74, 6) is 8.33. The van der Waals surface area contributed by atoms with Crippen molar-refractivity contribution >= 4 is 32.2 Å². The summed E-state index contributed by atoms with van der Waals surface area (Å²) >= 11 is -0.826. The summed E-state index contributed by atoms with van der Waals surface area (Å²) < 4.78 is 0. The predicted molar refractivity (Wildman–Crippen MR) is 150 cm³/mol. The zero-order chi connectivity index (χ0) is 22.4. The Morgan fingerprint density at radius 3 is 1.59 bits per heavy atom. The van der Waals surface area contributed by atoms with Gasteiger partial charge in [0, 0.05) is 15.2 Å². The van der Waals surface area contributed by atoms with Crippen LogP contribution in [0.2, 0.25) is 37.3 Å². The van der Waals surface area contributed by atoms with Gasteiger partial charge in [0.25, 0.3) is 0 Å². The summed E-state index contributed by atoms with van der Waals surface area (Å²) in [5, 5.41) is 0. The summed E-state index contributed by atoms with van der Waals surface area (Å²) in [6.45, 7) is 21.9. The molecule has 4 aliphatic rings. The molecule has 4 saturated carbocycles. The van der Waals surface area contributed by atoms with E-state index in [2.05, 4.69) is 53.9 Å². The van der Waals surface area contributed by atoms with Crippen molar-refractivity contribution in [3.8, 4) is 0 Å². The first kappa shape index (κ1) is 31.9. The molecule has 0 aromatic heterocycles. The number of hydrogen-bond donors (Lipinski definition) is 0. The van der Waals surface area contributed by atoms with Crippen molar-refractivity contribution in [3.05, 3.63) is 14.9 Å². The summed E-state index contributed by atoms with van der Waals surface area (Å²) in [5.41, 5.74) is 2.24. The SMILES string of the molecule is CC1C(C)C(C)C([Si](C)(C)[Si](C)(C)C2CCC3CC4CCCC4CC32)C1C.[CH3-].[CH3-].[Cl][Zr+2][Cl]. The van der Waals surface area contributed by atoms with E-state index in [9.17, 15) is 0 Å². The van der Waals surface area contributed by atoms with Crippen LogP contribution in [0.15, 0.2) is 0 Å². The Morgan fingerprint density at radius 1 is 0.625 bits per heavy atom. The number of hydrogen-bond acceptors (Lipinski definition) is 0. The van der Waals surface area contributed by atoms with Gasteiger partial charge in [0.15, 0.2) is 0 Å². The average Bonchev–Trinajstić information content (AvgIpc) is 3.35. The van der Waals surface area contributed by atoms with Crippen molar-refractivity contribution in [2.45, 2.75) is 110 Å². The molecular weight excluding hydrogens is 543 g/mol. The molecule has 5 heteroatoms. The molecule has 0 radical (unpaired) electrons. The van der Waals surface area contributed by atoms with Gasteiger partial charge in [0.1, 0.15) is 0 Å². The van der Waals surface area contributed by atoms with Crippen molar-refractivity contribution < 1.29 is 20.8 Å². The molecule has 0 aliphatic heterocycles. The van der Waals surface area contributed by atoms with E-state index in [0.29, 0.717) is 0 Å². The molecule has 188 valence electrons. The maximum absolute atomic E-state index is 4.93. The minimum atomic E-state index is -1.24. The van der Waals surface area contributed by atoms with Crippen LogP contribution in [-0.4, -0.2) is 15.2 Å². The third kappa shape index (κ3) is 5.58. The molecule has 0 aromatic carbocycles. The van der Waals surface area contributed by atoms with E-state index >= 15 is 0 Å². The Morgan fingerprint density at radius 2 is 1.09 bits per heavy atom. The summed E-state index contributed by atoms with van der Waals surface area (Å²) in [6, 6.07) is 0. The second-order valence-electron chi connectivity index (χ2n) is 13.0. The van der Waals surface area contributed by atoms with Crippen LogP contribution in [0.3, 0.4) is 0 Å². The Labute approximate surface area is 223 Å². The van der Waals surface area contributed by atoms with Gasteiger partial charge in [-0.25, -0.2) is 0 Å². The van der Waals surface area contributed by atoms with Crippen LogP contribution in [0.5, 0.6) is 0 Å². The third-order valence-corrected chi connectivity index (χ3v) is 32.7. The summed E-state index contributed by atoms with van der Waals surface area (Å²) in [6.07, 6.45) is 11.2. The molecule has 9 atom stereocenters. The molecule has 32 heavy (non-hydrogen) atoms. The van der Waals surface area contributed by atoms with Gasteiger partial charge in [0.2, 0.25) is 0 Å². The van der Waals surface area contributed by atoms with Gasteiger partial charge < -0.3 is 14.9 Å². The van der Waals surface area contributed by atoms with Crippen molar-refractivity contribution in [1.29, 1.82) is 0 Å². The van der Waals surface area contributed by atoms with Gasteiger partial charge in [-0.05, 0) is 71.3 Å². The fraction of sp³-hybridized carbons (Fsp3) is 0.926. The van der Waals surface area contributed by atoms with E-state index in [-0.39, 0.29) is 14.9 Å². The van der Waals surface area contributed by atoms with Crippen molar-refractivity contribution in [2.24, 2.45) is 47.3 Å². The van der Waals surface area contributed by atoms with Crippen molar-refractivity contribution in [3.63, 3.8) is 0 Å². The molecule has 4 aliphatic carbocycles. The molecule has 0 amide bonds. The zero-order valence-electron chi connectivity index (χ0n) is 23.0. The van der Waals surface area contributed by atoms with Crippen LogP contribution >= 0.6 is 17.0 Å². The van der Waals surface area contributed by atoms with Gasteiger partial charge in [-0.1, -0.05) is 86.0 Å². The van der Waals surface area contributed by atoms with E-state index in [0.717, 1.165) is 58.4 Å². The number of fused-ring (bicyclic) bond motifs is 2. The van der Waals surface area contributed by atoms with Gasteiger partial charge in [0.05, 0.1) is 0 Å². The Bertz CT molecular complexity index is 570. The molecule has 0 aromatic rings. The first-order chi connectivity index (χ1) is 14.0. The average molecular weight is 597 g/mol. The number of halogens is 2. The molecular formula is C27H54Cl2Si2Zr. The Hall–Kier alpha value is 1.90. The molecule has 0 heterocycles. The monoisotopic (exact) mass is 594 g/mol. The van der Waals surface area contributed by atoms with Crippen LogP contribution in [0.25, 0.3) is 0 Å². The zero-order valence-corrected chi connectivity index (χ0v) is 28.9. The topological polar surface area (TPSA) is 0 Å². The van der Waals surface area contributed by atoms with E-state index in [1.54, 1.807) is 44.9 Å². The van der Waals surface area contributed by atoms with E-state index in [1.165, 1.54) is 0 Å².